The zero-order chi connectivity index (χ0) is 10.6. The lowest BCUT2D eigenvalue weighted by molar-refractivity contribution is 0.579. The fourth-order valence-corrected chi connectivity index (χ4v) is 1.52. The predicted octanol–water partition coefficient (Wildman–Crippen LogP) is 1.94. The highest BCUT2D eigenvalue weighted by Gasteiger charge is 2.08. The number of rotatable bonds is 4. The summed E-state index contributed by atoms with van der Waals surface area (Å²) in [5.41, 5.74) is 6.65. The number of nitrogens with two attached hydrogens (primary N) is 1. The summed E-state index contributed by atoms with van der Waals surface area (Å²) in [7, 11) is 0. The van der Waals surface area contributed by atoms with Gasteiger partial charge < -0.3 is 5.73 Å². The summed E-state index contributed by atoms with van der Waals surface area (Å²) in [5.74, 6) is 1.36. The number of aryl methyl sites for hydroxylation is 1. The van der Waals surface area contributed by atoms with Crippen LogP contribution >= 0.6 is 15.9 Å². The average molecular weight is 258 g/mol. The SMILES string of the molecule is CCc1ncc(Br)c(CC(C)CN)n1. The molecule has 0 aliphatic heterocycles. The van der Waals surface area contributed by atoms with Gasteiger partial charge in [-0.1, -0.05) is 13.8 Å². The Morgan fingerprint density at radius 1 is 1.57 bits per heavy atom. The van der Waals surface area contributed by atoms with E-state index in [-0.39, 0.29) is 0 Å². The minimum absolute atomic E-state index is 0.464. The molecule has 2 N–H and O–H groups in total. The van der Waals surface area contributed by atoms with Gasteiger partial charge in [-0.25, -0.2) is 9.97 Å². The molecule has 1 atom stereocenters. The van der Waals surface area contributed by atoms with Crippen LogP contribution in [0.2, 0.25) is 0 Å². The Kier molecular flexibility index (Phi) is 4.48. The molecule has 0 radical (unpaired) electrons. The molecule has 4 heteroatoms. The lowest BCUT2D eigenvalue weighted by atomic mass is 10.1. The van der Waals surface area contributed by atoms with Gasteiger partial charge in [-0.15, -0.1) is 0 Å². The second-order valence-electron chi connectivity index (χ2n) is 3.48. The smallest absolute Gasteiger partial charge is 0.128 e. The summed E-state index contributed by atoms with van der Waals surface area (Å²) >= 11 is 3.45. The number of hydrogen-bond acceptors (Lipinski definition) is 3. The monoisotopic (exact) mass is 257 g/mol. The lowest BCUT2D eigenvalue weighted by Gasteiger charge is -2.09. The molecule has 0 bridgehead atoms. The van der Waals surface area contributed by atoms with Gasteiger partial charge in [0.15, 0.2) is 0 Å². The summed E-state index contributed by atoms with van der Waals surface area (Å²) in [6, 6.07) is 0. The maximum absolute atomic E-state index is 5.58. The Bertz CT molecular complexity index is 301. The van der Waals surface area contributed by atoms with Crippen molar-refractivity contribution < 1.29 is 0 Å². The summed E-state index contributed by atoms with van der Waals surface area (Å²) in [6.45, 7) is 4.87. The number of hydrogen-bond donors (Lipinski definition) is 1. The summed E-state index contributed by atoms with van der Waals surface area (Å²) < 4.78 is 0.981. The van der Waals surface area contributed by atoms with Crippen LogP contribution in [0, 0.1) is 5.92 Å². The first-order chi connectivity index (χ1) is 6.67. The van der Waals surface area contributed by atoms with Crippen LogP contribution in [0.4, 0.5) is 0 Å². The number of halogens is 1. The molecule has 3 nitrogen and oxygen atoms in total. The molecule has 0 saturated carbocycles. The zero-order valence-electron chi connectivity index (χ0n) is 8.63. The maximum atomic E-state index is 5.58. The predicted molar refractivity (Wildman–Crippen MR) is 61.0 cm³/mol. The van der Waals surface area contributed by atoms with E-state index in [1.54, 1.807) is 0 Å². The molecule has 0 aromatic carbocycles. The molecule has 0 amide bonds. The van der Waals surface area contributed by atoms with Crippen molar-refractivity contribution >= 4 is 15.9 Å². The Hall–Kier alpha value is -0.480. The minimum atomic E-state index is 0.464. The Balaban J connectivity index is 2.83. The van der Waals surface area contributed by atoms with Gasteiger partial charge in [-0.05, 0) is 34.8 Å². The molecule has 0 aliphatic carbocycles. The Labute approximate surface area is 93.3 Å². The molecule has 1 aromatic rings. The van der Waals surface area contributed by atoms with Crippen LogP contribution in [0.5, 0.6) is 0 Å². The quantitative estimate of drug-likeness (QED) is 0.897. The third-order valence-electron chi connectivity index (χ3n) is 2.13. The average Bonchev–Trinajstić information content (AvgIpc) is 2.21. The third-order valence-corrected chi connectivity index (χ3v) is 2.79. The van der Waals surface area contributed by atoms with Crippen molar-refractivity contribution in [3.05, 3.63) is 22.2 Å². The minimum Gasteiger partial charge on any atom is -0.330 e. The van der Waals surface area contributed by atoms with E-state index >= 15 is 0 Å². The standard InChI is InChI=1S/C10H16BrN3/c1-3-10-13-6-8(11)9(14-10)4-7(2)5-12/h6-7H,3-5,12H2,1-2H3. The fraction of sp³-hybridized carbons (Fsp3) is 0.600. The van der Waals surface area contributed by atoms with Crippen molar-refractivity contribution in [2.75, 3.05) is 6.54 Å². The first-order valence-electron chi connectivity index (χ1n) is 4.87. The van der Waals surface area contributed by atoms with E-state index in [2.05, 4.69) is 39.7 Å². The lowest BCUT2D eigenvalue weighted by Crippen LogP contribution is -2.14. The number of aromatic nitrogens is 2. The zero-order valence-corrected chi connectivity index (χ0v) is 10.2. The van der Waals surface area contributed by atoms with Gasteiger partial charge in [0.1, 0.15) is 5.82 Å². The van der Waals surface area contributed by atoms with Crippen molar-refractivity contribution in [1.29, 1.82) is 0 Å². The first-order valence-corrected chi connectivity index (χ1v) is 5.67. The Morgan fingerprint density at radius 3 is 2.86 bits per heavy atom. The second-order valence-corrected chi connectivity index (χ2v) is 4.33. The largest absolute Gasteiger partial charge is 0.330 e. The molecule has 0 saturated heterocycles. The van der Waals surface area contributed by atoms with E-state index in [0.717, 1.165) is 28.8 Å². The van der Waals surface area contributed by atoms with Crippen LogP contribution in [0.1, 0.15) is 25.4 Å². The van der Waals surface area contributed by atoms with Gasteiger partial charge in [0.25, 0.3) is 0 Å². The van der Waals surface area contributed by atoms with E-state index in [0.29, 0.717) is 12.5 Å². The van der Waals surface area contributed by atoms with Gasteiger partial charge in [0.05, 0.1) is 10.2 Å². The van der Waals surface area contributed by atoms with E-state index in [1.807, 2.05) is 6.20 Å². The van der Waals surface area contributed by atoms with Crippen LogP contribution in [0.15, 0.2) is 10.7 Å². The molecule has 1 unspecified atom stereocenters. The van der Waals surface area contributed by atoms with Gasteiger partial charge in [-0.2, -0.15) is 0 Å². The van der Waals surface area contributed by atoms with Crippen molar-refractivity contribution in [3.8, 4) is 0 Å². The maximum Gasteiger partial charge on any atom is 0.128 e. The van der Waals surface area contributed by atoms with Crippen molar-refractivity contribution in [2.24, 2.45) is 11.7 Å². The third kappa shape index (κ3) is 3.03. The van der Waals surface area contributed by atoms with Crippen molar-refractivity contribution in [2.45, 2.75) is 26.7 Å². The molecule has 1 rings (SSSR count). The van der Waals surface area contributed by atoms with Gasteiger partial charge in [0, 0.05) is 12.6 Å². The summed E-state index contributed by atoms with van der Waals surface area (Å²) in [5, 5.41) is 0. The van der Waals surface area contributed by atoms with Crippen molar-refractivity contribution in [1.82, 2.24) is 9.97 Å². The fourth-order valence-electron chi connectivity index (χ4n) is 1.17. The molecule has 78 valence electrons. The topological polar surface area (TPSA) is 51.8 Å². The highest BCUT2D eigenvalue weighted by Crippen LogP contribution is 2.16. The molecular weight excluding hydrogens is 242 g/mol. The van der Waals surface area contributed by atoms with Crippen LogP contribution in [0.3, 0.4) is 0 Å². The molecule has 1 heterocycles. The van der Waals surface area contributed by atoms with Crippen LogP contribution in [-0.2, 0) is 12.8 Å². The second kappa shape index (κ2) is 5.41. The molecule has 0 aliphatic rings. The van der Waals surface area contributed by atoms with E-state index in [1.165, 1.54) is 0 Å². The van der Waals surface area contributed by atoms with Crippen LogP contribution in [-0.4, -0.2) is 16.5 Å². The molecule has 14 heavy (non-hydrogen) atoms. The molecule has 1 aromatic heterocycles. The summed E-state index contributed by atoms with van der Waals surface area (Å²) in [6.07, 6.45) is 3.61. The van der Waals surface area contributed by atoms with Crippen molar-refractivity contribution in [3.63, 3.8) is 0 Å². The van der Waals surface area contributed by atoms with E-state index in [4.69, 9.17) is 5.73 Å². The highest BCUT2D eigenvalue weighted by atomic mass is 79.9. The molecule has 0 spiro atoms. The molecular formula is C10H16BrN3. The summed E-state index contributed by atoms with van der Waals surface area (Å²) in [4.78, 5) is 8.67. The van der Waals surface area contributed by atoms with E-state index in [9.17, 15) is 0 Å². The van der Waals surface area contributed by atoms with Gasteiger partial charge >= 0.3 is 0 Å². The molecule has 0 fully saturated rings. The van der Waals surface area contributed by atoms with Gasteiger partial charge in [-0.3, -0.25) is 0 Å². The number of nitrogens with zero attached hydrogens (tertiary/aromatic N) is 2. The van der Waals surface area contributed by atoms with Gasteiger partial charge in [0.2, 0.25) is 0 Å². The highest BCUT2D eigenvalue weighted by molar-refractivity contribution is 9.10. The van der Waals surface area contributed by atoms with Crippen LogP contribution < -0.4 is 5.73 Å². The van der Waals surface area contributed by atoms with Crippen LogP contribution in [0.25, 0.3) is 0 Å². The normalized spacial score (nSPS) is 12.9. The van der Waals surface area contributed by atoms with E-state index < -0.39 is 0 Å². The Morgan fingerprint density at radius 2 is 2.29 bits per heavy atom. The first kappa shape index (κ1) is 11.6.